The Morgan fingerprint density at radius 3 is 2.69 bits per heavy atom. The lowest BCUT2D eigenvalue weighted by Crippen LogP contribution is -1.93. The SMILES string of the molecule is Cc1cccc(CC(Br)c2ccc(Br)s2)c1. The van der Waals surface area contributed by atoms with Gasteiger partial charge in [0.15, 0.2) is 0 Å². The molecule has 1 aromatic carbocycles. The summed E-state index contributed by atoms with van der Waals surface area (Å²) in [7, 11) is 0. The van der Waals surface area contributed by atoms with Crippen LogP contribution in [0, 0.1) is 6.92 Å². The van der Waals surface area contributed by atoms with Crippen molar-refractivity contribution in [2.75, 3.05) is 0 Å². The van der Waals surface area contributed by atoms with E-state index in [-0.39, 0.29) is 0 Å². The first-order valence-electron chi connectivity index (χ1n) is 5.10. The second kappa shape index (κ2) is 5.48. The molecule has 2 aromatic rings. The lowest BCUT2D eigenvalue weighted by Gasteiger charge is -2.08. The predicted molar refractivity (Wildman–Crippen MR) is 78.6 cm³/mol. The predicted octanol–water partition coefficient (Wildman–Crippen LogP) is 5.50. The van der Waals surface area contributed by atoms with Crippen molar-refractivity contribution in [1.29, 1.82) is 0 Å². The van der Waals surface area contributed by atoms with Crippen molar-refractivity contribution in [2.24, 2.45) is 0 Å². The van der Waals surface area contributed by atoms with E-state index >= 15 is 0 Å². The number of hydrogen-bond acceptors (Lipinski definition) is 1. The first-order valence-corrected chi connectivity index (χ1v) is 7.62. The van der Waals surface area contributed by atoms with E-state index in [2.05, 4.69) is 75.2 Å². The smallest absolute Gasteiger partial charge is 0.0701 e. The highest BCUT2D eigenvalue weighted by atomic mass is 79.9. The molecular formula is C13H12Br2S. The highest BCUT2D eigenvalue weighted by Gasteiger charge is 2.10. The normalized spacial score (nSPS) is 12.7. The van der Waals surface area contributed by atoms with Gasteiger partial charge in [0.05, 0.1) is 8.61 Å². The summed E-state index contributed by atoms with van der Waals surface area (Å²) in [6, 6.07) is 13.0. The fourth-order valence-corrected chi connectivity index (χ4v) is 3.85. The Morgan fingerprint density at radius 2 is 2.06 bits per heavy atom. The number of halogens is 2. The molecule has 0 aliphatic rings. The van der Waals surface area contributed by atoms with Crippen molar-refractivity contribution in [2.45, 2.75) is 18.2 Å². The Labute approximate surface area is 117 Å². The number of benzene rings is 1. The van der Waals surface area contributed by atoms with E-state index in [1.807, 2.05) is 0 Å². The highest BCUT2D eigenvalue weighted by molar-refractivity contribution is 9.11. The van der Waals surface area contributed by atoms with E-state index in [9.17, 15) is 0 Å². The molecule has 0 bridgehead atoms. The van der Waals surface area contributed by atoms with Crippen LogP contribution < -0.4 is 0 Å². The molecule has 0 fully saturated rings. The quantitative estimate of drug-likeness (QED) is 0.635. The minimum absolute atomic E-state index is 0.408. The van der Waals surface area contributed by atoms with Crippen LogP contribution in [0.4, 0.5) is 0 Å². The van der Waals surface area contributed by atoms with Gasteiger partial charge < -0.3 is 0 Å². The first kappa shape index (κ1) is 12.3. The summed E-state index contributed by atoms with van der Waals surface area (Å²) in [6.07, 6.45) is 1.04. The van der Waals surface area contributed by atoms with Crippen LogP contribution in [0.2, 0.25) is 0 Å². The lowest BCUT2D eigenvalue weighted by molar-refractivity contribution is 0.967. The summed E-state index contributed by atoms with van der Waals surface area (Å²) >= 11 is 9.03. The van der Waals surface area contributed by atoms with Gasteiger partial charge in [0, 0.05) is 4.88 Å². The Morgan fingerprint density at radius 1 is 1.25 bits per heavy atom. The standard InChI is InChI=1S/C13H12Br2S/c1-9-3-2-4-10(7-9)8-11(14)12-5-6-13(15)16-12/h2-7,11H,8H2,1H3. The van der Waals surface area contributed by atoms with Crippen molar-refractivity contribution < 1.29 is 0 Å². The average molecular weight is 360 g/mol. The third-order valence-electron chi connectivity index (χ3n) is 2.40. The summed E-state index contributed by atoms with van der Waals surface area (Å²) < 4.78 is 1.19. The third-order valence-corrected chi connectivity index (χ3v) is 5.26. The molecule has 0 amide bonds. The Bertz CT molecular complexity index is 476. The highest BCUT2D eigenvalue weighted by Crippen LogP contribution is 2.34. The average Bonchev–Trinajstić information content (AvgIpc) is 2.65. The van der Waals surface area contributed by atoms with Crippen LogP contribution in [0.25, 0.3) is 0 Å². The monoisotopic (exact) mass is 358 g/mol. The molecule has 2 rings (SSSR count). The molecule has 0 spiro atoms. The fraction of sp³-hybridized carbons (Fsp3) is 0.231. The molecule has 0 saturated carbocycles. The maximum atomic E-state index is 3.75. The molecule has 0 nitrogen and oxygen atoms in total. The van der Waals surface area contributed by atoms with Crippen LogP contribution >= 0.6 is 43.2 Å². The zero-order chi connectivity index (χ0) is 11.5. The number of hydrogen-bond donors (Lipinski definition) is 0. The number of rotatable bonds is 3. The molecule has 16 heavy (non-hydrogen) atoms. The molecule has 0 aliphatic carbocycles. The molecule has 0 aliphatic heterocycles. The van der Waals surface area contributed by atoms with Crippen LogP contribution in [-0.2, 0) is 6.42 Å². The van der Waals surface area contributed by atoms with Crippen LogP contribution in [0.15, 0.2) is 40.2 Å². The van der Waals surface area contributed by atoms with Gasteiger partial charge in [-0.1, -0.05) is 45.8 Å². The maximum Gasteiger partial charge on any atom is 0.0701 e. The van der Waals surface area contributed by atoms with Crippen LogP contribution in [-0.4, -0.2) is 0 Å². The maximum absolute atomic E-state index is 3.75. The number of alkyl halides is 1. The fourth-order valence-electron chi connectivity index (χ4n) is 1.64. The van der Waals surface area contributed by atoms with E-state index in [1.165, 1.54) is 19.8 Å². The van der Waals surface area contributed by atoms with Gasteiger partial charge in [-0.2, -0.15) is 0 Å². The zero-order valence-electron chi connectivity index (χ0n) is 8.91. The minimum Gasteiger partial charge on any atom is -0.132 e. The van der Waals surface area contributed by atoms with Crippen LogP contribution in [0.1, 0.15) is 20.8 Å². The van der Waals surface area contributed by atoms with Gasteiger partial charge >= 0.3 is 0 Å². The molecule has 0 saturated heterocycles. The number of thiophene rings is 1. The lowest BCUT2D eigenvalue weighted by atomic mass is 10.1. The van der Waals surface area contributed by atoms with Gasteiger partial charge in [0.25, 0.3) is 0 Å². The molecule has 1 atom stereocenters. The molecule has 3 heteroatoms. The van der Waals surface area contributed by atoms with Gasteiger partial charge in [0.1, 0.15) is 0 Å². The minimum atomic E-state index is 0.408. The summed E-state index contributed by atoms with van der Waals surface area (Å²) in [6.45, 7) is 2.13. The first-order chi connectivity index (χ1) is 7.65. The van der Waals surface area contributed by atoms with E-state index in [4.69, 9.17) is 0 Å². The second-order valence-corrected chi connectivity index (χ2v) is 7.40. The van der Waals surface area contributed by atoms with E-state index in [1.54, 1.807) is 11.3 Å². The van der Waals surface area contributed by atoms with E-state index in [0.29, 0.717) is 4.83 Å². The molecule has 1 heterocycles. The number of aryl methyl sites for hydroxylation is 1. The van der Waals surface area contributed by atoms with Crippen LogP contribution in [0.5, 0.6) is 0 Å². The third kappa shape index (κ3) is 3.19. The van der Waals surface area contributed by atoms with Gasteiger partial charge in [0.2, 0.25) is 0 Å². The topological polar surface area (TPSA) is 0 Å². The molecule has 0 N–H and O–H groups in total. The second-order valence-electron chi connectivity index (χ2n) is 3.80. The molecule has 1 aromatic heterocycles. The molecular weight excluding hydrogens is 348 g/mol. The van der Waals surface area contributed by atoms with Gasteiger partial charge in [-0.25, -0.2) is 0 Å². The van der Waals surface area contributed by atoms with Gasteiger partial charge in [-0.05, 0) is 47.0 Å². The van der Waals surface area contributed by atoms with Crippen molar-refractivity contribution in [1.82, 2.24) is 0 Å². The Balaban J connectivity index is 2.10. The molecule has 84 valence electrons. The van der Waals surface area contributed by atoms with Crippen LogP contribution in [0.3, 0.4) is 0 Å². The van der Waals surface area contributed by atoms with Gasteiger partial charge in [-0.3, -0.25) is 0 Å². The zero-order valence-corrected chi connectivity index (χ0v) is 12.9. The molecule has 1 unspecified atom stereocenters. The van der Waals surface area contributed by atoms with E-state index < -0.39 is 0 Å². The Hall–Kier alpha value is -0.120. The summed E-state index contributed by atoms with van der Waals surface area (Å²) in [5, 5.41) is 0. The molecule has 0 radical (unpaired) electrons. The van der Waals surface area contributed by atoms with Crippen molar-refractivity contribution in [3.63, 3.8) is 0 Å². The Kier molecular flexibility index (Phi) is 4.22. The van der Waals surface area contributed by atoms with Crippen molar-refractivity contribution >= 4 is 43.2 Å². The van der Waals surface area contributed by atoms with Crippen molar-refractivity contribution in [3.8, 4) is 0 Å². The summed E-state index contributed by atoms with van der Waals surface area (Å²) in [5.74, 6) is 0. The summed E-state index contributed by atoms with van der Waals surface area (Å²) in [5.41, 5.74) is 2.70. The van der Waals surface area contributed by atoms with E-state index in [0.717, 1.165) is 6.42 Å². The largest absolute Gasteiger partial charge is 0.132 e. The van der Waals surface area contributed by atoms with Gasteiger partial charge in [-0.15, -0.1) is 11.3 Å². The van der Waals surface area contributed by atoms with Crippen molar-refractivity contribution in [3.05, 3.63) is 56.2 Å². The summed E-state index contributed by atoms with van der Waals surface area (Å²) in [4.78, 5) is 1.78.